The molecule has 0 saturated heterocycles. The molecule has 3 N–H and O–H groups in total. The van der Waals surface area contributed by atoms with E-state index in [1.54, 1.807) is 11.3 Å². The van der Waals surface area contributed by atoms with Gasteiger partial charge in [0.2, 0.25) is 5.91 Å². The zero-order valence-electron chi connectivity index (χ0n) is 12.3. The van der Waals surface area contributed by atoms with Crippen molar-refractivity contribution < 1.29 is 4.79 Å². The van der Waals surface area contributed by atoms with Gasteiger partial charge in [0.05, 0.1) is 10.7 Å². The first-order chi connectivity index (χ1) is 10.1. The fourth-order valence-corrected chi connectivity index (χ4v) is 2.72. The van der Waals surface area contributed by atoms with E-state index in [1.165, 1.54) is 5.56 Å². The first-order valence-corrected chi connectivity index (χ1v) is 8.03. The highest BCUT2D eigenvalue weighted by Gasteiger charge is 2.03. The van der Waals surface area contributed by atoms with Gasteiger partial charge in [0.1, 0.15) is 0 Å². The number of nitrogen functional groups attached to an aromatic ring is 1. The molecule has 0 bridgehead atoms. The van der Waals surface area contributed by atoms with Gasteiger partial charge < -0.3 is 11.1 Å². The predicted molar refractivity (Wildman–Crippen MR) is 87.4 cm³/mol. The predicted octanol–water partition coefficient (Wildman–Crippen LogP) is 2.72. The van der Waals surface area contributed by atoms with Gasteiger partial charge in [-0.1, -0.05) is 12.1 Å². The summed E-state index contributed by atoms with van der Waals surface area (Å²) < 4.78 is 0. The van der Waals surface area contributed by atoms with E-state index in [1.807, 2.05) is 31.2 Å². The van der Waals surface area contributed by atoms with Crippen LogP contribution in [0, 0.1) is 6.92 Å². The molecule has 1 aromatic heterocycles. The minimum absolute atomic E-state index is 0.109. The van der Waals surface area contributed by atoms with E-state index in [9.17, 15) is 4.79 Å². The molecule has 0 aliphatic heterocycles. The number of aromatic nitrogens is 1. The van der Waals surface area contributed by atoms with E-state index in [4.69, 9.17) is 5.73 Å². The summed E-state index contributed by atoms with van der Waals surface area (Å²) in [6.07, 6.45) is 3.10. The molecule has 0 fully saturated rings. The van der Waals surface area contributed by atoms with Crippen LogP contribution in [0.15, 0.2) is 29.6 Å². The van der Waals surface area contributed by atoms with Gasteiger partial charge in [0, 0.05) is 24.0 Å². The Kier molecular flexibility index (Phi) is 5.75. The normalized spacial score (nSPS) is 10.5. The average molecular weight is 303 g/mol. The monoisotopic (exact) mass is 303 g/mol. The molecule has 0 atom stereocenters. The Labute approximate surface area is 129 Å². The van der Waals surface area contributed by atoms with Crippen LogP contribution < -0.4 is 11.1 Å². The lowest BCUT2D eigenvalue weighted by atomic mass is 10.1. The van der Waals surface area contributed by atoms with Crippen molar-refractivity contribution in [1.29, 1.82) is 0 Å². The summed E-state index contributed by atoms with van der Waals surface area (Å²) >= 11 is 1.66. The summed E-state index contributed by atoms with van der Waals surface area (Å²) in [5, 5.41) is 6.09. The highest BCUT2D eigenvalue weighted by Crippen LogP contribution is 2.10. The SMILES string of the molecule is Cc1nc(CCCC(=O)NCCc2ccc(N)cc2)cs1. The maximum absolute atomic E-state index is 11.7. The molecular weight excluding hydrogens is 282 g/mol. The number of thiazole rings is 1. The highest BCUT2D eigenvalue weighted by molar-refractivity contribution is 7.09. The van der Waals surface area contributed by atoms with E-state index in [-0.39, 0.29) is 5.91 Å². The summed E-state index contributed by atoms with van der Waals surface area (Å²) in [7, 11) is 0. The molecule has 1 aromatic carbocycles. The van der Waals surface area contributed by atoms with Crippen LogP contribution in [-0.4, -0.2) is 17.4 Å². The molecule has 1 heterocycles. The Bertz CT molecular complexity index is 577. The van der Waals surface area contributed by atoms with E-state index >= 15 is 0 Å². The number of hydrogen-bond acceptors (Lipinski definition) is 4. The number of nitrogens with zero attached hydrogens (tertiary/aromatic N) is 1. The minimum atomic E-state index is 0.109. The summed E-state index contributed by atoms with van der Waals surface area (Å²) in [6, 6.07) is 7.75. The molecular formula is C16H21N3OS. The second-order valence-corrected chi connectivity index (χ2v) is 6.12. The second kappa shape index (κ2) is 7.78. The molecule has 2 rings (SSSR count). The lowest BCUT2D eigenvalue weighted by Crippen LogP contribution is -2.25. The van der Waals surface area contributed by atoms with Crippen LogP contribution in [0.5, 0.6) is 0 Å². The van der Waals surface area contributed by atoms with Crippen molar-refractivity contribution in [3.05, 3.63) is 45.9 Å². The molecule has 0 saturated carbocycles. The van der Waals surface area contributed by atoms with Crippen LogP contribution in [-0.2, 0) is 17.6 Å². The summed E-state index contributed by atoms with van der Waals surface area (Å²) in [5.41, 5.74) is 8.67. The maximum atomic E-state index is 11.7. The summed E-state index contributed by atoms with van der Waals surface area (Å²) in [6.45, 7) is 2.66. The standard InChI is InChI=1S/C16H21N3OS/c1-12-19-15(11-21-12)3-2-4-16(20)18-10-9-13-5-7-14(17)8-6-13/h5-8,11H,2-4,9-10,17H2,1H3,(H,18,20). The highest BCUT2D eigenvalue weighted by atomic mass is 32.1. The van der Waals surface area contributed by atoms with E-state index in [0.29, 0.717) is 13.0 Å². The van der Waals surface area contributed by atoms with Crippen molar-refractivity contribution in [2.45, 2.75) is 32.6 Å². The third-order valence-electron chi connectivity index (χ3n) is 3.22. The first kappa shape index (κ1) is 15.5. The number of aryl methyl sites for hydroxylation is 2. The van der Waals surface area contributed by atoms with Gasteiger partial charge in [-0.25, -0.2) is 4.98 Å². The first-order valence-electron chi connectivity index (χ1n) is 7.15. The van der Waals surface area contributed by atoms with Crippen LogP contribution in [0.4, 0.5) is 5.69 Å². The molecule has 1 amide bonds. The topological polar surface area (TPSA) is 68.0 Å². The largest absolute Gasteiger partial charge is 0.399 e. The van der Waals surface area contributed by atoms with Crippen LogP contribution in [0.25, 0.3) is 0 Å². The van der Waals surface area contributed by atoms with Gasteiger partial charge in [0.15, 0.2) is 0 Å². The van der Waals surface area contributed by atoms with Gasteiger partial charge in [-0.05, 0) is 43.9 Å². The lowest BCUT2D eigenvalue weighted by Gasteiger charge is -2.05. The quantitative estimate of drug-likeness (QED) is 0.773. The second-order valence-electron chi connectivity index (χ2n) is 5.05. The number of carbonyl (C=O) groups excluding carboxylic acids is 1. The van der Waals surface area contributed by atoms with Crippen LogP contribution in [0.3, 0.4) is 0 Å². The zero-order valence-corrected chi connectivity index (χ0v) is 13.1. The Balaban J connectivity index is 1.60. The average Bonchev–Trinajstić information content (AvgIpc) is 2.87. The van der Waals surface area contributed by atoms with Crippen molar-refractivity contribution in [1.82, 2.24) is 10.3 Å². The molecule has 5 heteroatoms. The molecule has 0 aliphatic rings. The van der Waals surface area contributed by atoms with E-state index in [0.717, 1.165) is 35.7 Å². The zero-order chi connectivity index (χ0) is 15.1. The Morgan fingerprint density at radius 1 is 1.29 bits per heavy atom. The van der Waals surface area contributed by atoms with Gasteiger partial charge >= 0.3 is 0 Å². The molecule has 0 radical (unpaired) electrons. The Morgan fingerprint density at radius 3 is 2.71 bits per heavy atom. The maximum Gasteiger partial charge on any atom is 0.220 e. The molecule has 0 spiro atoms. The van der Waals surface area contributed by atoms with Crippen molar-refractivity contribution in [2.75, 3.05) is 12.3 Å². The number of nitrogens with two attached hydrogens (primary N) is 1. The number of hydrogen-bond donors (Lipinski definition) is 2. The van der Waals surface area contributed by atoms with Crippen molar-refractivity contribution >= 4 is 22.9 Å². The third kappa shape index (κ3) is 5.55. The van der Waals surface area contributed by atoms with Gasteiger partial charge in [-0.2, -0.15) is 0 Å². The molecule has 112 valence electrons. The molecule has 21 heavy (non-hydrogen) atoms. The van der Waals surface area contributed by atoms with Crippen LogP contribution >= 0.6 is 11.3 Å². The Morgan fingerprint density at radius 2 is 2.05 bits per heavy atom. The van der Waals surface area contributed by atoms with Crippen LogP contribution in [0.2, 0.25) is 0 Å². The smallest absolute Gasteiger partial charge is 0.220 e. The van der Waals surface area contributed by atoms with Gasteiger partial charge in [0.25, 0.3) is 0 Å². The number of carbonyl (C=O) groups is 1. The summed E-state index contributed by atoms with van der Waals surface area (Å²) in [4.78, 5) is 16.1. The number of benzene rings is 1. The van der Waals surface area contributed by atoms with Crippen LogP contribution in [0.1, 0.15) is 29.1 Å². The van der Waals surface area contributed by atoms with Gasteiger partial charge in [-0.3, -0.25) is 4.79 Å². The van der Waals surface area contributed by atoms with Crippen molar-refractivity contribution in [2.24, 2.45) is 0 Å². The fourth-order valence-electron chi connectivity index (χ4n) is 2.07. The molecule has 2 aromatic rings. The molecule has 0 unspecified atom stereocenters. The lowest BCUT2D eigenvalue weighted by molar-refractivity contribution is -0.121. The number of rotatable bonds is 7. The van der Waals surface area contributed by atoms with Gasteiger partial charge in [-0.15, -0.1) is 11.3 Å². The fraction of sp³-hybridized carbons (Fsp3) is 0.375. The number of amides is 1. The third-order valence-corrected chi connectivity index (χ3v) is 4.04. The molecule has 4 nitrogen and oxygen atoms in total. The Hall–Kier alpha value is -1.88. The summed E-state index contributed by atoms with van der Waals surface area (Å²) in [5.74, 6) is 0.109. The van der Waals surface area contributed by atoms with E-state index < -0.39 is 0 Å². The van der Waals surface area contributed by atoms with Crippen molar-refractivity contribution in [3.8, 4) is 0 Å². The van der Waals surface area contributed by atoms with Crippen molar-refractivity contribution in [3.63, 3.8) is 0 Å². The number of anilines is 1. The minimum Gasteiger partial charge on any atom is -0.399 e. The molecule has 0 aliphatic carbocycles. The number of nitrogens with one attached hydrogen (secondary N) is 1. The van der Waals surface area contributed by atoms with E-state index in [2.05, 4.69) is 15.7 Å².